The predicted molar refractivity (Wildman–Crippen MR) is 65.0 cm³/mol. The summed E-state index contributed by atoms with van der Waals surface area (Å²) in [5.74, 6) is -0.916. The minimum Gasteiger partial charge on any atom is -0.481 e. The van der Waals surface area contributed by atoms with E-state index >= 15 is 0 Å². The van der Waals surface area contributed by atoms with Gasteiger partial charge in [0.15, 0.2) is 0 Å². The summed E-state index contributed by atoms with van der Waals surface area (Å²) < 4.78 is 5.10. The van der Waals surface area contributed by atoms with Gasteiger partial charge >= 0.3 is 12.1 Å². The number of aliphatic carboxylic acids is 1. The van der Waals surface area contributed by atoms with Crippen LogP contribution in [0.5, 0.6) is 0 Å². The molecule has 0 fully saturated rings. The molecule has 0 atom stereocenters. The molecule has 0 heterocycles. The van der Waals surface area contributed by atoms with Crippen molar-refractivity contribution >= 4 is 12.1 Å². The Morgan fingerprint density at radius 1 is 1.29 bits per heavy atom. The summed E-state index contributed by atoms with van der Waals surface area (Å²) in [6.45, 7) is 8.14. The van der Waals surface area contributed by atoms with E-state index in [4.69, 9.17) is 9.84 Å². The Morgan fingerprint density at radius 3 is 2.29 bits per heavy atom. The van der Waals surface area contributed by atoms with E-state index in [9.17, 15) is 9.59 Å². The van der Waals surface area contributed by atoms with Gasteiger partial charge in [0.2, 0.25) is 0 Å². The average molecular weight is 245 g/mol. The third kappa shape index (κ3) is 6.81. The summed E-state index contributed by atoms with van der Waals surface area (Å²) in [6, 6.07) is 0. The molecule has 0 aliphatic rings. The third-order valence-electron chi connectivity index (χ3n) is 2.30. The van der Waals surface area contributed by atoms with Crippen LogP contribution in [-0.4, -0.2) is 40.8 Å². The second-order valence-electron chi connectivity index (χ2n) is 4.93. The van der Waals surface area contributed by atoms with Gasteiger partial charge in [-0.1, -0.05) is 13.3 Å². The molecule has 0 aromatic heterocycles. The Bertz CT molecular complexity index is 258. The molecule has 0 aromatic carbocycles. The monoisotopic (exact) mass is 245 g/mol. The van der Waals surface area contributed by atoms with Gasteiger partial charge in [0, 0.05) is 12.1 Å². The van der Waals surface area contributed by atoms with Crippen molar-refractivity contribution in [2.24, 2.45) is 0 Å². The average Bonchev–Trinajstić information content (AvgIpc) is 2.15. The predicted octanol–water partition coefficient (Wildman–Crippen LogP) is 2.50. The standard InChI is InChI=1S/C12H23NO4/c1-5-6-9-17-11(16)13(12(2,3)4)8-7-10(14)15/h5-9H2,1-4H3,(H,14,15). The molecular formula is C12H23NO4. The van der Waals surface area contributed by atoms with Gasteiger partial charge in [-0.05, 0) is 27.2 Å². The Labute approximate surface area is 103 Å². The second kappa shape index (κ2) is 7.14. The molecule has 0 spiro atoms. The Morgan fingerprint density at radius 2 is 1.88 bits per heavy atom. The van der Waals surface area contributed by atoms with Crippen LogP contribution < -0.4 is 0 Å². The van der Waals surface area contributed by atoms with E-state index in [0.29, 0.717) is 6.61 Å². The summed E-state index contributed by atoms with van der Waals surface area (Å²) in [4.78, 5) is 23.8. The first-order valence-corrected chi connectivity index (χ1v) is 5.95. The van der Waals surface area contributed by atoms with Crippen molar-refractivity contribution in [1.82, 2.24) is 4.90 Å². The lowest BCUT2D eigenvalue weighted by Gasteiger charge is -2.34. The zero-order valence-corrected chi connectivity index (χ0v) is 11.2. The van der Waals surface area contributed by atoms with Crippen molar-refractivity contribution in [3.8, 4) is 0 Å². The lowest BCUT2D eigenvalue weighted by Crippen LogP contribution is -2.47. The summed E-state index contributed by atoms with van der Waals surface area (Å²) in [6.07, 6.45) is 1.27. The fourth-order valence-electron chi connectivity index (χ4n) is 1.29. The molecule has 100 valence electrons. The molecule has 0 aromatic rings. The molecule has 0 rings (SSSR count). The highest BCUT2D eigenvalue weighted by Crippen LogP contribution is 2.15. The number of amides is 1. The Kier molecular flexibility index (Phi) is 6.61. The number of rotatable bonds is 6. The summed E-state index contributed by atoms with van der Waals surface area (Å²) in [5, 5.41) is 8.65. The maximum atomic E-state index is 11.8. The first-order valence-electron chi connectivity index (χ1n) is 5.95. The normalized spacial score (nSPS) is 11.1. The lowest BCUT2D eigenvalue weighted by molar-refractivity contribution is -0.137. The van der Waals surface area contributed by atoms with Gasteiger partial charge in [-0.25, -0.2) is 4.79 Å². The van der Waals surface area contributed by atoms with Crippen molar-refractivity contribution in [3.63, 3.8) is 0 Å². The van der Waals surface area contributed by atoms with Gasteiger partial charge in [-0.3, -0.25) is 4.79 Å². The molecule has 0 bridgehead atoms. The lowest BCUT2D eigenvalue weighted by atomic mass is 10.1. The van der Waals surface area contributed by atoms with Gasteiger partial charge in [0.25, 0.3) is 0 Å². The largest absolute Gasteiger partial charge is 0.481 e. The molecule has 0 unspecified atom stereocenters. The first kappa shape index (κ1) is 15.7. The first-order chi connectivity index (χ1) is 7.79. The van der Waals surface area contributed by atoms with Crippen LogP contribution >= 0.6 is 0 Å². The van der Waals surface area contributed by atoms with Crippen LogP contribution in [0.4, 0.5) is 4.79 Å². The zero-order valence-electron chi connectivity index (χ0n) is 11.2. The smallest absolute Gasteiger partial charge is 0.410 e. The number of ether oxygens (including phenoxy) is 1. The fourth-order valence-corrected chi connectivity index (χ4v) is 1.29. The molecule has 0 aliphatic heterocycles. The van der Waals surface area contributed by atoms with Gasteiger partial charge in [-0.15, -0.1) is 0 Å². The van der Waals surface area contributed by atoms with Gasteiger partial charge < -0.3 is 14.7 Å². The molecule has 0 saturated heterocycles. The van der Waals surface area contributed by atoms with E-state index in [-0.39, 0.29) is 13.0 Å². The van der Waals surface area contributed by atoms with E-state index in [1.807, 2.05) is 27.7 Å². The number of nitrogens with zero attached hydrogens (tertiary/aromatic N) is 1. The van der Waals surface area contributed by atoms with Gasteiger partial charge in [0.05, 0.1) is 13.0 Å². The number of unbranched alkanes of at least 4 members (excludes halogenated alkanes) is 1. The van der Waals surface area contributed by atoms with Crippen molar-refractivity contribution < 1.29 is 19.4 Å². The maximum absolute atomic E-state index is 11.8. The zero-order chi connectivity index (χ0) is 13.5. The Hall–Kier alpha value is -1.26. The van der Waals surface area contributed by atoms with E-state index in [1.54, 1.807) is 0 Å². The summed E-state index contributed by atoms with van der Waals surface area (Å²) in [5.41, 5.74) is -0.432. The second-order valence-corrected chi connectivity index (χ2v) is 4.93. The van der Waals surface area contributed by atoms with Gasteiger partial charge in [0.1, 0.15) is 0 Å². The van der Waals surface area contributed by atoms with Crippen LogP contribution in [0.3, 0.4) is 0 Å². The minimum atomic E-state index is -0.916. The van der Waals surface area contributed by atoms with Crippen LogP contribution in [0.1, 0.15) is 47.0 Å². The number of carbonyl (C=O) groups is 2. The summed E-state index contributed by atoms with van der Waals surface area (Å²) >= 11 is 0. The van der Waals surface area contributed by atoms with Crippen LogP contribution in [0.25, 0.3) is 0 Å². The van der Waals surface area contributed by atoms with Crippen molar-refractivity contribution in [2.75, 3.05) is 13.2 Å². The quantitative estimate of drug-likeness (QED) is 0.730. The molecule has 0 radical (unpaired) electrons. The molecule has 5 heteroatoms. The number of hydrogen-bond acceptors (Lipinski definition) is 3. The summed E-state index contributed by atoms with van der Waals surface area (Å²) in [7, 11) is 0. The van der Waals surface area contributed by atoms with E-state index in [0.717, 1.165) is 12.8 Å². The van der Waals surface area contributed by atoms with Crippen LogP contribution in [0.2, 0.25) is 0 Å². The SMILES string of the molecule is CCCCOC(=O)N(CCC(=O)O)C(C)(C)C. The third-order valence-corrected chi connectivity index (χ3v) is 2.30. The number of carbonyl (C=O) groups excluding carboxylic acids is 1. The van der Waals surface area contributed by atoms with Crippen LogP contribution in [-0.2, 0) is 9.53 Å². The van der Waals surface area contributed by atoms with E-state index in [1.165, 1.54) is 4.90 Å². The molecule has 17 heavy (non-hydrogen) atoms. The highest BCUT2D eigenvalue weighted by atomic mass is 16.6. The fraction of sp³-hybridized carbons (Fsp3) is 0.833. The number of carboxylic acid groups (broad SMARTS) is 1. The Balaban J connectivity index is 4.36. The number of hydrogen-bond donors (Lipinski definition) is 1. The highest BCUT2D eigenvalue weighted by Gasteiger charge is 2.27. The molecule has 1 N–H and O–H groups in total. The van der Waals surface area contributed by atoms with Gasteiger partial charge in [-0.2, -0.15) is 0 Å². The topological polar surface area (TPSA) is 66.8 Å². The molecular weight excluding hydrogens is 222 g/mol. The molecule has 5 nitrogen and oxygen atoms in total. The van der Waals surface area contributed by atoms with Crippen molar-refractivity contribution in [2.45, 2.75) is 52.5 Å². The van der Waals surface area contributed by atoms with Crippen LogP contribution in [0, 0.1) is 0 Å². The maximum Gasteiger partial charge on any atom is 0.410 e. The molecule has 0 aliphatic carbocycles. The number of carboxylic acids is 1. The van der Waals surface area contributed by atoms with Crippen molar-refractivity contribution in [3.05, 3.63) is 0 Å². The minimum absolute atomic E-state index is 0.0693. The molecule has 0 saturated carbocycles. The van der Waals surface area contributed by atoms with Crippen LogP contribution in [0.15, 0.2) is 0 Å². The molecule has 1 amide bonds. The highest BCUT2D eigenvalue weighted by molar-refractivity contribution is 5.71. The van der Waals surface area contributed by atoms with Crippen molar-refractivity contribution in [1.29, 1.82) is 0 Å². The van der Waals surface area contributed by atoms with E-state index < -0.39 is 17.6 Å². The van der Waals surface area contributed by atoms with E-state index in [2.05, 4.69) is 0 Å².